The van der Waals surface area contributed by atoms with Crippen LogP contribution in [-0.2, 0) is 4.79 Å². The molecule has 7 heavy (non-hydrogen) atoms. The Labute approximate surface area is 45.1 Å². The molecular weight excluding hydrogens is 118 g/mol. The quantitative estimate of drug-likeness (QED) is 0.310. The van der Waals surface area contributed by atoms with E-state index in [0.29, 0.717) is 0 Å². The van der Waals surface area contributed by atoms with E-state index in [2.05, 4.69) is 12.6 Å². The van der Waals surface area contributed by atoms with E-state index in [1.54, 1.807) is 0 Å². The van der Waals surface area contributed by atoms with Gasteiger partial charge in [-0.2, -0.15) is 0 Å². The van der Waals surface area contributed by atoms with Gasteiger partial charge in [-0.1, -0.05) is 12.6 Å². The molecule has 40 valence electrons. The molecule has 0 radical (unpaired) electrons. The van der Waals surface area contributed by atoms with Crippen molar-refractivity contribution in [2.45, 2.75) is 0 Å². The van der Waals surface area contributed by atoms with E-state index in [1.165, 1.54) is 0 Å². The van der Waals surface area contributed by atoms with Gasteiger partial charge in [-0.3, -0.25) is 14.9 Å². The molecule has 0 saturated carbocycles. The largest absolute Gasteiger partial charge is 0.280 e. The monoisotopic (exact) mass is 121 g/mol. The minimum absolute atomic E-state index is 0.691. The topological polar surface area (TPSA) is 60.2 Å². The van der Waals surface area contributed by atoms with Crippen molar-refractivity contribution in [1.82, 2.24) is 0 Å². The van der Waals surface area contributed by atoms with E-state index in [0.717, 1.165) is 0 Å². The fourth-order valence-corrected chi connectivity index (χ4v) is 0.226. The highest BCUT2D eigenvalue weighted by Crippen LogP contribution is 1.76. The van der Waals surface area contributed by atoms with E-state index in [4.69, 9.17) is 0 Å². The van der Waals surface area contributed by atoms with Gasteiger partial charge in [0.2, 0.25) is 0 Å². The molecule has 0 aromatic heterocycles. The Hall–Kier alpha value is -0.580. The Bertz CT molecular complexity index is 89.1. The lowest BCUT2D eigenvalue weighted by Crippen LogP contribution is -2.06. The van der Waals surface area contributed by atoms with Crippen LogP contribution >= 0.6 is 12.6 Å². The van der Waals surface area contributed by atoms with Gasteiger partial charge in [-0.25, -0.2) is 0 Å². The van der Waals surface area contributed by atoms with Gasteiger partial charge in [-0.15, -0.1) is 0 Å². The summed E-state index contributed by atoms with van der Waals surface area (Å²) in [5, 5.41) is 8.63. The molecule has 0 aromatic rings. The zero-order valence-electron chi connectivity index (χ0n) is 3.33. The maximum atomic E-state index is 9.68. The minimum Gasteiger partial charge on any atom is -0.280 e. The van der Waals surface area contributed by atoms with Gasteiger partial charge >= 0.3 is 0 Å². The Morgan fingerprint density at radius 1 is 1.86 bits per heavy atom. The van der Waals surface area contributed by atoms with Crippen LogP contribution in [0.5, 0.6) is 0 Å². The van der Waals surface area contributed by atoms with Crippen molar-refractivity contribution in [1.29, 1.82) is 0 Å². The lowest BCUT2D eigenvalue weighted by Gasteiger charge is -1.79. The zero-order chi connectivity index (χ0) is 5.86. The SMILES string of the molecule is O=C(S)C[N+](=O)[O-]. The Morgan fingerprint density at radius 2 is 2.29 bits per heavy atom. The van der Waals surface area contributed by atoms with Crippen molar-refractivity contribution >= 4 is 17.7 Å². The molecule has 0 aliphatic heterocycles. The van der Waals surface area contributed by atoms with E-state index < -0.39 is 16.6 Å². The molecule has 0 saturated heterocycles. The van der Waals surface area contributed by atoms with Crippen LogP contribution in [0.25, 0.3) is 0 Å². The minimum atomic E-state index is -0.727. The lowest BCUT2D eigenvalue weighted by atomic mass is 10.8. The van der Waals surface area contributed by atoms with Crippen LogP contribution in [0.2, 0.25) is 0 Å². The van der Waals surface area contributed by atoms with Crippen LogP contribution in [0.3, 0.4) is 0 Å². The number of rotatable bonds is 2. The van der Waals surface area contributed by atoms with E-state index >= 15 is 0 Å². The second-order valence-electron chi connectivity index (χ2n) is 0.885. The molecule has 0 amide bonds. The summed E-state index contributed by atoms with van der Waals surface area (Å²) in [5.41, 5.74) is 0. The second-order valence-corrected chi connectivity index (χ2v) is 1.38. The van der Waals surface area contributed by atoms with Crippen LogP contribution in [0.4, 0.5) is 0 Å². The first-order chi connectivity index (χ1) is 3.13. The lowest BCUT2D eigenvalue weighted by molar-refractivity contribution is -0.466. The summed E-state index contributed by atoms with van der Waals surface area (Å²) >= 11 is 3.16. The van der Waals surface area contributed by atoms with Crippen LogP contribution < -0.4 is 0 Å². The molecule has 5 heteroatoms. The maximum Gasteiger partial charge on any atom is 0.271 e. The van der Waals surface area contributed by atoms with Crippen molar-refractivity contribution in [3.63, 3.8) is 0 Å². The zero-order valence-corrected chi connectivity index (χ0v) is 4.22. The normalized spacial score (nSPS) is 8.14. The number of thiol groups is 1. The molecule has 0 unspecified atom stereocenters. The number of carbonyl (C=O) groups excluding carboxylic acids is 1. The highest BCUT2D eigenvalue weighted by molar-refractivity contribution is 7.96. The fraction of sp³-hybridized carbons (Fsp3) is 0.500. The van der Waals surface area contributed by atoms with Gasteiger partial charge in [-0.05, 0) is 0 Å². The van der Waals surface area contributed by atoms with Gasteiger partial charge in [0.15, 0.2) is 0 Å². The van der Waals surface area contributed by atoms with Crippen LogP contribution in [0.15, 0.2) is 0 Å². The summed E-state index contributed by atoms with van der Waals surface area (Å²) < 4.78 is 0. The predicted octanol–water partition coefficient (Wildman–Crippen LogP) is -0.280. The summed E-state index contributed by atoms with van der Waals surface area (Å²) in [5.74, 6) is 0. The third-order valence-corrected chi connectivity index (χ3v) is 0.406. The van der Waals surface area contributed by atoms with Crippen LogP contribution in [0.1, 0.15) is 0 Å². The molecule has 0 atom stereocenters. The van der Waals surface area contributed by atoms with E-state index in [-0.39, 0.29) is 0 Å². The van der Waals surface area contributed by atoms with Crippen molar-refractivity contribution in [2.75, 3.05) is 6.54 Å². The molecule has 0 aliphatic carbocycles. The molecule has 4 nitrogen and oxygen atoms in total. The molecule has 0 fully saturated rings. The standard InChI is InChI=1S/C2H3NO3S/c4-2(7)1-3(5)6/h1H2,(H,4,7). The first kappa shape index (κ1) is 6.42. The predicted molar refractivity (Wildman–Crippen MR) is 25.9 cm³/mol. The average molecular weight is 121 g/mol. The molecule has 0 N–H and O–H groups in total. The van der Waals surface area contributed by atoms with Crippen LogP contribution in [-0.4, -0.2) is 16.6 Å². The Balaban J connectivity index is 3.32. The van der Waals surface area contributed by atoms with Crippen molar-refractivity contribution in [2.24, 2.45) is 0 Å². The molecule has 0 rings (SSSR count). The number of nitrogens with zero attached hydrogens (tertiary/aromatic N) is 1. The smallest absolute Gasteiger partial charge is 0.271 e. The average Bonchev–Trinajstić information content (AvgIpc) is 1.27. The van der Waals surface area contributed by atoms with Gasteiger partial charge in [0, 0.05) is 4.92 Å². The first-order valence-corrected chi connectivity index (χ1v) is 1.91. The molecule has 0 spiro atoms. The van der Waals surface area contributed by atoms with E-state index in [1.807, 2.05) is 0 Å². The highest BCUT2D eigenvalue weighted by atomic mass is 32.1. The maximum absolute atomic E-state index is 9.68. The highest BCUT2D eigenvalue weighted by Gasteiger charge is 2.00. The van der Waals surface area contributed by atoms with Gasteiger partial charge in [0.25, 0.3) is 11.7 Å². The molecule has 0 aromatic carbocycles. The summed E-state index contributed by atoms with van der Waals surface area (Å²) in [6, 6.07) is 0. The number of carbonyl (C=O) groups is 1. The third kappa shape index (κ3) is 5.42. The van der Waals surface area contributed by atoms with Crippen LogP contribution in [0, 0.1) is 10.1 Å². The fourth-order valence-electron chi connectivity index (χ4n) is 0.110. The number of hydrogen-bond donors (Lipinski definition) is 1. The summed E-state index contributed by atoms with van der Waals surface area (Å²) in [7, 11) is 0. The molecule has 0 heterocycles. The van der Waals surface area contributed by atoms with Crippen molar-refractivity contribution in [3.05, 3.63) is 10.1 Å². The van der Waals surface area contributed by atoms with Gasteiger partial charge < -0.3 is 0 Å². The van der Waals surface area contributed by atoms with Crippen molar-refractivity contribution < 1.29 is 9.72 Å². The Kier molecular flexibility index (Phi) is 2.36. The summed E-state index contributed by atoms with van der Waals surface area (Å²) in [6.45, 7) is -0.691. The second kappa shape index (κ2) is 2.57. The molecule has 0 bridgehead atoms. The summed E-state index contributed by atoms with van der Waals surface area (Å²) in [4.78, 5) is 18.3. The van der Waals surface area contributed by atoms with Gasteiger partial charge in [0.1, 0.15) is 0 Å². The number of nitro groups is 1. The van der Waals surface area contributed by atoms with Gasteiger partial charge in [0.05, 0.1) is 0 Å². The number of hydrogen-bond acceptors (Lipinski definition) is 3. The first-order valence-electron chi connectivity index (χ1n) is 1.46. The van der Waals surface area contributed by atoms with E-state index in [9.17, 15) is 14.9 Å². The molecular formula is C2H3NO3S. The summed E-state index contributed by atoms with van der Waals surface area (Å²) in [6.07, 6.45) is 0. The Morgan fingerprint density at radius 3 is 2.29 bits per heavy atom. The third-order valence-electron chi connectivity index (χ3n) is 0.264. The molecule has 0 aliphatic rings. The van der Waals surface area contributed by atoms with Crippen molar-refractivity contribution in [3.8, 4) is 0 Å².